The minimum absolute atomic E-state index is 0.481. The number of anilines is 2. The van der Waals surface area contributed by atoms with Crippen LogP contribution in [0.2, 0.25) is 0 Å². The average Bonchev–Trinajstić information content (AvgIpc) is 3.25. The van der Waals surface area contributed by atoms with Crippen LogP contribution >= 0.6 is 0 Å². The Hall–Kier alpha value is -1.32. The molecule has 0 aromatic carbocycles. The molecule has 1 N–H and O–H groups in total. The van der Waals surface area contributed by atoms with Crippen molar-refractivity contribution in [1.82, 2.24) is 9.97 Å². The Kier molecular flexibility index (Phi) is 5.21. The van der Waals surface area contributed by atoms with E-state index in [9.17, 15) is 0 Å². The van der Waals surface area contributed by atoms with Crippen molar-refractivity contribution >= 4 is 11.6 Å². The minimum atomic E-state index is 0.481. The maximum atomic E-state index is 4.60. The standard InChI is InChI=1S/C16H28N4/c1-5-9-17-15-14(6-2)16(19-11-18-15)20(12(3)4)10-13-7-8-13/h11-13H,5-10H2,1-4H3,(H,17,18,19). The number of aromatic nitrogens is 2. The summed E-state index contributed by atoms with van der Waals surface area (Å²) in [5.74, 6) is 3.01. The van der Waals surface area contributed by atoms with Crippen molar-refractivity contribution in [3.63, 3.8) is 0 Å². The van der Waals surface area contributed by atoms with Crippen LogP contribution in [0.4, 0.5) is 11.6 Å². The van der Waals surface area contributed by atoms with Gasteiger partial charge < -0.3 is 10.2 Å². The van der Waals surface area contributed by atoms with Crippen LogP contribution in [0.3, 0.4) is 0 Å². The molecule has 0 aliphatic heterocycles. The van der Waals surface area contributed by atoms with Crippen LogP contribution in [0.1, 0.15) is 52.5 Å². The Morgan fingerprint density at radius 1 is 1.30 bits per heavy atom. The topological polar surface area (TPSA) is 41.1 Å². The summed E-state index contributed by atoms with van der Waals surface area (Å²) in [5.41, 5.74) is 1.26. The lowest BCUT2D eigenvalue weighted by atomic mass is 10.1. The molecule has 2 rings (SSSR count). The highest BCUT2D eigenvalue weighted by atomic mass is 15.2. The molecule has 4 nitrogen and oxygen atoms in total. The largest absolute Gasteiger partial charge is 0.370 e. The summed E-state index contributed by atoms with van der Waals surface area (Å²) in [6.07, 6.45) is 6.52. The molecular formula is C16H28N4. The number of hydrogen-bond donors (Lipinski definition) is 1. The molecule has 1 heterocycles. The molecule has 112 valence electrons. The van der Waals surface area contributed by atoms with Crippen molar-refractivity contribution in [3.8, 4) is 0 Å². The van der Waals surface area contributed by atoms with Crippen molar-refractivity contribution in [2.24, 2.45) is 5.92 Å². The zero-order chi connectivity index (χ0) is 14.5. The van der Waals surface area contributed by atoms with Crippen molar-refractivity contribution in [3.05, 3.63) is 11.9 Å². The molecule has 0 atom stereocenters. The second-order valence-electron chi connectivity index (χ2n) is 5.99. The fourth-order valence-corrected chi connectivity index (χ4v) is 2.49. The van der Waals surface area contributed by atoms with Gasteiger partial charge >= 0.3 is 0 Å². The van der Waals surface area contributed by atoms with Crippen LogP contribution in [-0.4, -0.2) is 29.1 Å². The first kappa shape index (κ1) is 15.1. The smallest absolute Gasteiger partial charge is 0.137 e. The summed E-state index contributed by atoms with van der Waals surface area (Å²) in [6, 6.07) is 0.481. The Bertz CT molecular complexity index is 426. The summed E-state index contributed by atoms with van der Waals surface area (Å²) in [4.78, 5) is 11.5. The molecule has 1 aliphatic rings. The fourth-order valence-electron chi connectivity index (χ4n) is 2.49. The highest BCUT2D eigenvalue weighted by Crippen LogP contribution is 2.33. The molecule has 0 saturated heterocycles. The van der Waals surface area contributed by atoms with E-state index in [-0.39, 0.29) is 0 Å². The van der Waals surface area contributed by atoms with Crippen molar-refractivity contribution in [1.29, 1.82) is 0 Å². The van der Waals surface area contributed by atoms with Crippen LogP contribution < -0.4 is 10.2 Å². The summed E-state index contributed by atoms with van der Waals surface area (Å²) < 4.78 is 0. The van der Waals surface area contributed by atoms with Crippen LogP contribution in [0.5, 0.6) is 0 Å². The Morgan fingerprint density at radius 2 is 2.05 bits per heavy atom. The second-order valence-corrected chi connectivity index (χ2v) is 5.99. The molecule has 1 aliphatic carbocycles. The Balaban J connectivity index is 2.26. The van der Waals surface area contributed by atoms with Crippen LogP contribution in [0, 0.1) is 5.92 Å². The van der Waals surface area contributed by atoms with E-state index in [1.165, 1.54) is 18.4 Å². The van der Waals surface area contributed by atoms with Gasteiger partial charge in [-0.3, -0.25) is 0 Å². The molecule has 0 radical (unpaired) electrons. The lowest BCUT2D eigenvalue weighted by Crippen LogP contribution is -2.34. The highest BCUT2D eigenvalue weighted by molar-refractivity contribution is 5.59. The predicted octanol–water partition coefficient (Wildman–Crippen LogP) is 3.49. The van der Waals surface area contributed by atoms with Gasteiger partial charge in [0.2, 0.25) is 0 Å². The van der Waals surface area contributed by atoms with Crippen LogP contribution in [0.15, 0.2) is 6.33 Å². The molecular weight excluding hydrogens is 248 g/mol. The van der Waals surface area contributed by atoms with Gasteiger partial charge in [0.05, 0.1) is 0 Å². The quantitative estimate of drug-likeness (QED) is 0.789. The molecule has 1 saturated carbocycles. The molecule has 0 bridgehead atoms. The highest BCUT2D eigenvalue weighted by Gasteiger charge is 2.27. The number of rotatable bonds is 8. The predicted molar refractivity (Wildman–Crippen MR) is 85.4 cm³/mol. The SMILES string of the molecule is CCCNc1ncnc(N(CC2CC2)C(C)C)c1CC. The number of nitrogens with one attached hydrogen (secondary N) is 1. The molecule has 0 amide bonds. The molecule has 0 unspecified atom stereocenters. The normalized spacial score (nSPS) is 14.7. The van der Waals surface area contributed by atoms with E-state index >= 15 is 0 Å². The van der Waals surface area contributed by atoms with Gasteiger partial charge in [-0.2, -0.15) is 0 Å². The van der Waals surface area contributed by atoms with E-state index in [1.54, 1.807) is 6.33 Å². The molecule has 0 spiro atoms. The first-order valence-electron chi connectivity index (χ1n) is 8.01. The number of hydrogen-bond acceptors (Lipinski definition) is 4. The van der Waals surface area contributed by atoms with Crippen LogP contribution in [0.25, 0.3) is 0 Å². The summed E-state index contributed by atoms with van der Waals surface area (Å²) in [5, 5.41) is 3.44. The fraction of sp³-hybridized carbons (Fsp3) is 0.750. The van der Waals surface area contributed by atoms with Gasteiger partial charge in [-0.05, 0) is 45.4 Å². The lowest BCUT2D eigenvalue weighted by Gasteiger charge is -2.30. The van der Waals surface area contributed by atoms with Gasteiger partial charge in [0.15, 0.2) is 0 Å². The summed E-state index contributed by atoms with van der Waals surface area (Å²) in [7, 11) is 0. The monoisotopic (exact) mass is 276 g/mol. The molecule has 20 heavy (non-hydrogen) atoms. The van der Waals surface area contributed by atoms with Gasteiger partial charge in [-0.15, -0.1) is 0 Å². The first-order valence-corrected chi connectivity index (χ1v) is 8.01. The van der Waals surface area contributed by atoms with E-state index in [2.05, 4.69) is 47.9 Å². The van der Waals surface area contributed by atoms with Crippen LogP contribution in [-0.2, 0) is 6.42 Å². The molecule has 1 aromatic heterocycles. The van der Waals surface area contributed by atoms with E-state index in [0.29, 0.717) is 6.04 Å². The molecule has 1 fully saturated rings. The Morgan fingerprint density at radius 3 is 2.60 bits per heavy atom. The van der Waals surface area contributed by atoms with E-state index in [1.807, 2.05) is 0 Å². The zero-order valence-corrected chi connectivity index (χ0v) is 13.3. The molecule has 4 heteroatoms. The van der Waals surface area contributed by atoms with Gasteiger partial charge in [0.1, 0.15) is 18.0 Å². The maximum absolute atomic E-state index is 4.60. The maximum Gasteiger partial charge on any atom is 0.137 e. The van der Waals surface area contributed by atoms with Crippen molar-refractivity contribution in [2.75, 3.05) is 23.3 Å². The second kappa shape index (κ2) is 6.91. The lowest BCUT2D eigenvalue weighted by molar-refractivity contribution is 0.632. The van der Waals surface area contributed by atoms with E-state index in [0.717, 1.165) is 43.5 Å². The van der Waals surface area contributed by atoms with Crippen molar-refractivity contribution in [2.45, 2.75) is 59.4 Å². The van der Waals surface area contributed by atoms with Gasteiger partial charge in [-0.1, -0.05) is 13.8 Å². The summed E-state index contributed by atoms with van der Waals surface area (Å²) in [6.45, 7) is 11.0. The minimum Gasteiger partial charge on any atom is -0.370 e. The van der Waals surface area contributed by atoms with Gasteiger partial charge in [-0.25, -0.2) is 9.97 Å². The first-order chi connectivity index (χ1) is 9.67. The average molecular weight is 276 g/mol. The van der Waals surface area contributed by atoms with E-state index in [4.69, 9.17) is 0 Å². The van der Waals surface area contributed by atoms with Gasteiger partial charge in [0.25, 0.3) is 0 Å². The Labute approximate surface area is 123 Å². The van der Waals surface area contributed by atoms with Crippen molar-refractivity contribution < 1.29 is 0 Å². The van der Waals surface area contributed by atoms with Gasteiger partial charge in [0, 0.05) is 24.7 Å². The third kappa shape index (κ3) is 3.62. The zero-order valence-electron chi connectivity index (χ0n) is 13.3. The third-order valence-electron chi connectivity index (χ3n) is 3.87. The number of nitrogens with zero attached hydrogens (tertiary/aromatic N) is 3. The molecule has 1 aromatic rings. The third-order valence-corrected chi connectivity index (χ3v) is 3.87. The van der Waals surface area contributed by atoms with E-state index < -0.39 is 0 Å². The summed E-state index contributed by atoms with van der Waals surface area (Å²) >= 11 is 0.